The van der Waals surface area contributed by atoms with Crippen molar-refractivity contribution in [1.29, 1.82) is 0 Å². The van der Waals surface area contributed by atoms with Gasteiger partial charge in [-0.1, -0.05) is 31.5 Å². The normalized spacial score (nSPS) is 20.7. The molecular formula is C21H30N4O2. The van der Waals surface area contributed by atoms with Gasteiger partial charge in [-0.25, -0.2) is 0 Å². The predicted molar refractivity (Wildman–Crippen MR) is 104 cm³/mol. The zero-order chi connectivity index (χ0) is 19.6. The van der Waals surface area contributed by atoms with Gasteiger partial charge in [0.2, 0.25) is 0 Å². The summed E-state index contributed by atoms with van der Waals surface area (Å²) in [6, 6.07) is 8.13. The SMILES string of the molecule is CCCc1ccccc1C(=O)N1C[C@H](n2ncc(C(C)(C)O)n2)CC[C@H]1C. The number of rotatable bonds is 5. The number of piperidine rings is 1. The Morgan fingerprint density at radius 1 is 1.30 bits per heavy atom. The Bertz CT molecular complexity index is 793. The van der Waals surface area contributed by atoms with Gasteiger partial charge in [0, 0.05) is 18.2 Å². The maximum absolute atomic E-state index is 13.3. The van der Waals surface area contributed by atoms with E-state index < -0.39 is 5.60 Å². The summed E-state index contributed by atoms with van der Waals surface area (Å²) in [7, 11) is 0. The molecule has 1 aliphatic heterocycles. The minimum Gasteiger partial charge on any atom is -0.384 e. The molecule has 1 saturated heterocycles. The number of nitrogens with zero attached hydrogens (tertiary/aromatic N) is 4. The molecule has 27 heavy (non-hydrogen) atoms. The molecule has 1 fully saturated rings. The van der Waals surface area contributed by atoms with Gasteiger partial charge >= 0.3 is 0 Å². The fourth-order valence-electron chi connectivity index (χ4n) is 3.66. The summed E-state index contributed by atoms with van der Waals surface area (Å²) < 4.78 is 0. The zero-order valence-corrected chi connectivity index (χ0v) is 16.7. The van der Waals surface area contributed by atoms with Crippen molar-refractivity contribution < 1.29 is 9.90 Å². The van der Waals surface area contributed by atoms with Crippen LogP contribution in [0.3, 0.4) is 0 Å². The van der Waals surface area contributed by atoms with Gasteiger partial charge in [-0.3, -0.25) is 4.79 Å². The Morgan fingerprint density at radius 3 is 2.70 bits per heavy atom. The van der Waals surface area contributed by atoms with Crippen molar-refractivity contribution in [2.24, 2.45) is 0 Å². The van der Waals surface area contributed by atoms with E-state index in [4.69, 9.17) is 0 Å². The molecule has 146 valence electrons. The predicted octanol–water partition coefficient (Wildman–Crippen LogP) is 3.32. The third-order valence-corrected chi connectivity index (χ3v) is 5.35. The molecule has 6 nitrogen and oxygen atoms in total. The first-order valence-electron chi connectivity index (χ1n) is 9.84. The van der Waals surface area contributed by atoms with Crippen molar-refractivity contribution in [3.63, 3.8) is 0 Å². The highest BCUT2D eigenvalue weighted by atomic mass is 16.3. The van der Waals surface area contributed by atoms with E-state index in [0.29, 0.717) is 12.2 Å². The number of carbonyl (C=O) groups excluding carboxylic acids is 1. The molecule has 1 aliphatic rings. The molecule has 0 bridgehead atoms. The van der Waals surface area contributed by atoms with E-state index >= 15 is 0 Å². The summed E-state index contributed by atoms with van der Waals surface area (Å²) in [5, 5.41) is 18.9. The first-order chi connectivity index (χ1) is 12.8. The molecule has 0 aliphatic carbocycles. The van der Waals surface area contributed by atoms with Crippen LogP contribution in [0.5, 0.6) is 0 Å². The van der Waals surface area contributed by atoms with Crippen LogP contribution < -0.4 is 0 Å². The van der Waals surface area contributed by atoms with Crippen molar-refractivity contribution in [3.8, 4) is 0 Å². The van der Waals surface area contributed by atoms with E-state index in [9.17, 15) is 9.90 Å². The molecule has 1 amide bonds. The number of aromatic nitrogens is 3. The second-order valence-electron chi connectivity index (χ2n) is 8.05. The minimum absolute atomic E-state index is 0.0274. The summed E-state index contributed by atoms with van der Waals surface area (Å²) in [5.41, 5.74) is 1.44. The molecule has 0 unspecified atom stereocenters. The Labute approximate surface area is 161 Å². The van der Waals surface area contributed by atoms with Gasteiger partial charge in [-0.15, -0.1) is 0 Å². The summed E-state index contributed by atoms with van der Waals surface area (Å²) in [6.07, 6.45) is 5.36. The molecular weight excluding hydrogens is 340 g/mol. The molecule has 0 saturated carbocycles. The molecule has 2 heterocycles. The molecule has 2 atom stereocenters. The summed E-state index contributed by atoms with van der Waals surface area (Å²) >= 11 is 0. The van der Waals surface area contributed by atoms with Crippen LogP contribution >= 0.6 is 0 Å². The smallest absolute Gasteiger partial charge is 0.254 e. The summed E-state index contributed by atoms with van der Waals surface area (Å²) in [6.45, 7) is 8.22. The maximum atomic E-state index is 13.3. The van der Waals surface area contributed by atoms with Gasteiger partial charge < -0.3 is 10.0 Å². The maximum Gasteiger partial charge on any atom is 0.254 e. The largest absolute Gasteiger partial charge is 0.384 e. The average molecular weight is 370 g/mol. The molecule has 2 aromatic rings. The van der Waals surface area contributed by atoms with E-state index in [2.05, 4.69) is 24.0 Å². The first-order valence-corrected chi connectivity index (χ1v) is 9.84. The van der Waals surface area contributed by atoms with Crippen molar-refractivity contribution >= 4 is 5.91 Å². The van der Waals surface area contributed by atoms with Crippen molar-refractivity contribution in [2.75, 3.05) is 6.54 Å². The van der Waals surface area contributed by atoms with Crippen LogP contribution in [0.4, 0.5) is 0 Å². The quantitative estimate of drug-likeness (QED) is 0.876. The number of benzene rings is 1. The van der Waals surface area contributed by atoms with Gasteiger partial charge in [0.05, 0.1) is 12.2 Å². The fraction of sp³-hybridized carbons (Fsp3) is 0.571. The molecule has 1 aromatic carbocycles. The number of aliphatic hydroxyl groups is 1. The third kappa shape index (κ3) is 4.21. The Morgan fingerprint density at radius 2 is 2.04 bits per heavy atom. The Balaban J connectivity index is 1.81. The van der Waals surface area contributed by atoms with E-state index in [1.54, 1.807) is 24.8 Å². The number of likely N-dealkylation sites (tertiary alicyclic amines) is 1. The first kappa shape index (κ1) is 19.5. The fourth-order valence-corrected chi connectivity index (χ4v) is 3.66. The van der Waals surface area contributed by atoms with E-state index in [0.717, 1.165) is 36.8 Å². The van der Waals surface area contributed by atoms with Crippen molar-refractivity contribution in [3.05, 3.63) is 47.3 Å². The summed E-state index contributed by atoms with van der Waals surface area (Å²) in [5.74, 6) is 0.0890. The Kier molecular flexibility index (Phi) is 5.65. The monoisotopic (exact) mass is 370 g/mol. The number of hydrogen-bond acceptors (Lipinski definition) is 4. The van der Waals surface area contributed by atoms with Gasteiger partial charge in [0.25, 0.3) is 5.91 Å². The van der Waals surface area contributed by atoms with Crippen LogP contribution in [0.15, 0.2) is 30.5 Å². The standard InChI is InChI=1S/C21H30N4O2/c1-5-8-16-9-6-7-10-18(16)20(26)24-14-17(12-11-15(24)2)25-22-13-19(23-25)21(3,4)27/h6-7,9-10,13,15,17,27H,5,8,11-12,14H2,1-4H3/t15-,17-/m1/s1. The van der Waals surface area contributed by atoms with Crippen LogP contribution in [0, 0.1) is 0 Å². The van der Waals surface area contributed by atoms with E-state index in [-0.39, 0.29) is 18.0 Å². The van der Waals surface area contributed by atoms with Gasteiger partial charge in [0.15, 0.2) is 0 Å². The Hall–Kier alpha value is -2.21. The molecule has 1 N–H and O–H groups in total. The highest BCUT2D eigenvalue weighted by Crippen LogP contribution is 2.28. The van der Waals surface area contributed by atoms with Crippen LogP contribution in [-0.4, -0.2) is 43.5 Å². The molecule has 6 heteroatoms. The number of aryl methyl sites for hydroxylation is 1. The highest BCUT2D eigenvalue weighted by Gasteiger charge is 2.32. The van der Waals surface area contributed by atoms with Crippen LogP contribution in [0.25, 0.3) is 0 Å². The van der Waals surface area contributed by atoms with Crippen molar-refractivity contribution in [1.82, 2.24) is 19.9 Å². The van der Waals surface area contributed by atoms with Crippen LogP contribution in [-0.2, 0) is 12.0 Å². The van der Waals surface area contributed by atoms with E-state index in [1.807, 2.05) is 29.2 Å². The second-order valence-corrected chi connectivity index (χ2v) is 8.05. The van der Waals surface area contributed by atoms with Gasteiger partial charge in [0.1, 0.15) is 11.3 Å². The lowest BCUT2D eigenvalue weighted by atomic mass is 9.96. The molecule has 3 rings (SSSR count). The second kappa shape index (κ2) is 7.80. The molecule has 1 aromatic heterocycles. The summed E-state index contributed by atoms with van der Waals surface area (Å²) in [4.78, 5) is 16.9. The zero-order valence-electron chi connectivity index (χ0n) is 16.7. The van der Waals surface area contributed by atoms with Crippen LogP contribution in [0.1, 0.15) is 74.6 Å². The topological polar surface area (TPSA) is 71.2 Å². The third-order valence-electron chi connectivity index (χ3n) is 5.35. The number of amides is 1. The van der Waals surface area contributed by atoms with E-state index in [1.165, 1.54) is 0 Å². The lowest BCUT2D eigenvalue weighted by Crippen LogP contribution is -2.46. The van der Waals surface area contributed by atoms with Gasteiger partial charge in [-0.2, -0.15) is 15.0 Å². The van der Waals surface area contributed by atoms with Crippen LogP contribution in [0.2, 0.25) is 0 Å². The van der Waals surface area contributed by atoms with Gasteiger partial charge in [-0.05, 0) is 51.7 Å². The molecule has 0 spiro atoms. The number of carbonyl (C=O) groups is 1. The minimum atomic E-state index is -1.02. The lowest BCUT2D eigenvalue weighted by molar-refractivity contribution is 0.0532. The average Bonchev–Trinajstić information content (AvgIpc) is 3.13. The highest BCUT2D eigenvalue weighted by molar-refractivity contribution is 5.96. The molecule has 0 radical (unpaired) electrons. The lowest BCUT2D eigenvalue weighted by Gasteiger charge is -2.38. The van der Waals surface area contributed by atoms with Crippen molar-refractivity contribution in [2.45, 2.75) is 71.1 Å². The number of hydrogen-bond donors (Lipinski definition) is 1.